The zero-order chi connectivity index (χ0) is 46.4. The van der Waals surface area contributed by atoms with E-state index in [1.165, 1.54) is 10.5 Å². The molecule has 0 aromatic heterocycles. The topological polar surface area (TPSA) is 256 Å². The predicted octanol–water partition coefficient (Wildman–Crippen LogP) is 2.58. The van der Waals surface area contributed by atoms with Gasteiger partial charge in [0.2, 0.25) is 29.5 Å². The van der Waals surface area contributed by atoms with Crippen LogP contribution in [0.4, 0.5) is 0 Å². The van der Waals surface area contributed by atoms with Crippen LogP contribution in [0.1, 0.15) is 118 Å². The van der Waals surface area contributed by atoms with Crippen LogP contribution in [0.3, 0.4) is 0 Å². The monoisotopic (exact) mass is 881 g/mol. The van der Waals surface area contributed by atoms with E-state index in [9.17, 15) is 38.7 Å². The summed E-state index contributed by atoms with van der Waals surface area (Å²) in [6.07, 6.45) is 4.50. The molecule has 18 heteroatoms. The van der Waals surface area contributed by atoms with Gasteiger partial charge in [0.15, 0.2) is 0 Å². The van der Waals surface area contributed by atoms with E-state index in [2.05, 4.69) is 54.2 Å². The molecule has 3 aliphatic carbocycles. The zero-order valence-electron chi connectivity index (χ0n) is 37.9. The molecule has 348 valence electrons. The van der Waals surface area contributed by atoms with E-state index in [0.29, 0.717) is 31.7 Å². The van der Waals surface area contributed by atoms with Crippen LogP contribution in [-0.4, -0.2) is 119 Å². The van der Waals surface area contributed by atoms with Gasteiger partial charge in [0.25, 0.3) is 0 Å². The maximum Gasteiger partial charge on any atom is 0.481 e. The minimum atomic E-state index is -1.51. The SMILES string of the molecule is CC(C)[C@H](NC(=O)[C@H](CCC(=O)O)NC(=O)[C@@H](N)CC(=O)O)C(=O)N[C@H](C(=O)N1CCC[C@H]1C(=O)N[C@@H](CCCCc1ccccc1)B1O[C@@H]2[C@@H](C[C@@H]3C[C@@]2(C)C3(C)C)O1)C(C)C. The Morgan fingerprint density at radius 1 is 0.841 bits per heavy atom. The van der Waals surface area contributed by atoms with E-state index in [-0.39, 0.29) is 35.4 Å². The molecule has 10 atom stereocenters. The molecule has 2 heterocycles. The molecule has 8 N–H and O–H groups in total. The highest BCUT2D eigenvalue weighted by molar-refractivity contribution is 6.47. The third-order valence-electron chi connectivity index (χ3n) is 14.3. The van der Waals surface area contributed by atoms with Crippen molar-refractivity contribution in [3.8, 4) is 0 Å². The summed E-state index contributed by atoms with van der Waals surface area (Å²) in [6.45, 7) is 14.1. The Kier molecular flexibility index (Phi) is 16.5. The number of nitrogens with one attached hydrogen (secondary N) is 4. The smallest absolute Gasteiger partial charge is 0.481 e. The first-order valence-corrected chi connectivity index (χ1v) is 22.7. The third kappa shape index (κ3) is 11.6. The van der Waals surface area contributed by atoms with Crippen LogP contribution in [-0.2, 0) is 49.3 Å². The van der Waals surface area contributed by atoms with Gasteiger partial charge in [-0.25, -0.2) is 0 Å². The number of carboxylic acids is 2. The molecule has 2 bridgehead atoms. The van der Waals surface area contributed by atoms with Crippen molar-refractivity contribution >= 4 is 48.6 Å². The molecule has 5 amide bonds. The number of hydrogen-bond donors (Lipinski definition) is 7. The van der Waals surface area contributed by atoms with Gasteiger partial charge >= 0.3 is 19.1 Å². The molecule has 2 saturated heterocycles. The van der Waals surface area contributed by atoms with Crippen molar-refractivity contribution < 1.29 is 53.1 Å². The molecule has 1 aromatic rings. The Labute approximate surface area is 371 Å². The fraction of sp³-hybridized carbons (Fsp3) is 0.711. The molecule has 3 saturated carbocycles. The molecule has 0 spiro atoms. The molecule has 0 radical (unpaired) electrons. The first-order chi connectivity index (χ1) is 29.6. The van der Waals surface area contributed by atoms with Gasteiger partial charge in [-0.2, -0.15) is 0 Å². The Morgan fingerprint density at radius 3 is 2.13 bits per heavy atom. The number of aliphatic carboxylic acids is 2. The Balaban J connectivity index is 1.26. The van der Waals surface area contributed by atoms with Gasteiger partial charge in [0.05, 0.1) is 30.6 Å². The van der Waals surface area contributed by atoms with Gasteiger partial charge in [0, 0.05) is 18.4 Å². The number of carboxylic acid groups (broad SMARTS) is 2. The van der Waals surface area contributed by atoms with Crippen LogP contribution in [0.25, 0.3) is 0 Å². The molecule has 5 fully saturated rings. The van der Waals surface area contributed by atoms with Crippen molar-refractivity contribution in [2.75, 3.05) is 6.54 Å². The number of benzene rings is 1. The standard InChI is InChI=1S/C45H69BN6O11/c1-25(2)36(50-40(58)30(19-20-34(53)54)48-39(57)29(47)23-35(55)56)42(60)51-37(26(3)4)43(61)52-21-13-17-31(52)41(59)49-33(18-12-11-16-27-14-9-8-10-15-27)46-62-32-22-28-24-45(7,38(32)63-46)44(28,5)6/h8-10,14-15,25-26,28-33,36-38H,11-13,16-24,47H2,1-7H3,(H,48,57)(H,49,59)(H,50,58)(H,51,60)(H,53,54)(H,55,56)/t28-,29+,30+,31+,32-,33+,36+,37+,38-,45-/m1/s1. The largest absolute Gasteiger partial charge is 0.481 e. The first kappa shape index (κ1) is 49.5. The fourth-order valence-electron chi connectivity index (χ4n) is 9.96. The average Bonchev–Trinajstić information content (AvgIpc) is 3.90. The molecular weight excluding hydrogens is 811 g/mol. The molecule has 6 rings (SSSR count). The van der Waals surface area contributed by atoms with Gasteiger partial charge in [-0.05, 0) is 80.1 Å². The highest BCUT2D eigenvalue weighted by atomic mass is 16.7. The average molecular weight is 881 g/mol. The van der Waals surface area contributed by atoms with E-state index in [0.717, 1.165) is 32.1 Å². The molecule has 63 heavy (non-hydrogen) atoms. The second-order valence-corrected chi connectivity index (χ2v) is 19.6. The molecule has 2 aliphatic heterocycles. The highest BCUT2D eigenvalue weighted by Gasteiger charge is 2.69. The molecule has 17 nitrogen and oxygen atoms in total. The number of nitrogens with zero attached hydrogens (tertiary/aromatic N) is 1. The minimum absolute atomic E-state index is 0.0327. The van der Waals surface area contributed by atoms with Crippen LogP contribution in [0.5, 0.6) is 0 Å². The number of hydrogen-bond acceptors (Lipinski definition) is 10. The predicted molar refractivity (Wildman–Crippen MR) is 233 cm³/mol. The van der Waals surface area contributed by atoms with E-state index in [1.54, 1.807) is 27.7 Å². The van der Waals surface area contributed by atoms with Gasteiger partial charge in [-0.15, -0.1) is 0 Å². The Bertz CT molecular complexity index is 1830. The van der Waals surface area contributed by atoms with Gasteiger partial charge in [0.1, 0.15) is 24.2 Å². The summed E-state index contributed by atoms with van der Waals surface area (Å²) < 4.78 is 13.4. The van der Waals surface area contributed by atoms with Crippen molar-refractivity contribution in [3.63, 3.8) is 0 Å². The number of aryl methyl sites for hydroxylation is 1. The van der Waals surface area contributed by atoms with Crippen LogP contribution >= 0.6 is 0 Å². The van der Waals surface area contributed by atoms with Gasteiger partial charge in [-0.1, -0.05) is 85.2 Å². The van der Waals surface area contributed by atoms with Gasteiger partial charge < -0.3 is 51.4 Å². The Hall–Kier alpha value is -4.55. The summed E-state index contributed by atoms with van der Waals surface area (Å²) in [5.41, 5.74) is 7.00. The van der Waals surface area contributed by atoms with Crippen molar-refractivity contribution in [2.24, 2.45) is 34.3 Å². The summed E-state index contributed by atoms with van der Waals surface area (Å²) in [5.74, 6) is -6.76. The quantitative estimate of drug-likeness (QED) is 0.0656. The molecule has 1 aromatic carbocycles. The number of unbranched alkanes of at least 4 members (excludes halogenated alkanes) is 1. The van der Waals surface area contributed by atoms with E-state index >= 15 is 0 Å². The molecule has 0 unspecified atom stereocenters. The Morgan fingerprint density at radius 2 is 1.51 bits per heavy atom. The van der Waals surface area contributed by atoms with Crippen LogP contribution in [0.15, 0.2) is 30.3 Å². The van der Waals surface area contributed by atoms with Crippen molar-refractivity contribution in [1.29, 1.82) is 0 Å². The second-order valence-electron chi connectivity index (χ2n) is 19.6. The van der Waals surface area contributed by atoms with Crippen LogP contribution in [0, 0.1) is 28.6 Å². The summed E-state index contributed by atoms with van der Waals surface area (Å²) in [4.78, 5) is 92.8. The number of amides is 5. The lowest BCUT2D eigenvalue weighted by Gasteiger charge is -2.67. The number of likely N-dealkylation sites (tertiary alicyclic amines) is 1. The lowest BCUT2D eigenvalue weighted by atomic mass is 9.39. The summed E-state index contributed by atoms with van der Waals surface area (Å²) >= 11 is 0. The maximum atomic E-state index is 14.4. The number of carbonyl (C=O) groups is 7. The van der Waals surface area contributed by atoms with E-state index < -0.39 is 104 Å². The van der Waals surface area contributed by atoms with E-state index in [1.807, 2.05) is 18.2 Å². The lowest BCUT2D eigenvalue weighted by molar-refractivity contribution is -0.220. The summed E-state index contributed by atoms with van der Waals surface area (Å²) in [6, 6.07) is 4.19. The fourth-order valence-corrected chi connectivity index (χ4v) is 9.96. The lowest BCUT2D eigenvalue weighted by Crippen LogP contribution is -2.66. The van der Waals surface area contributed by atoms with Crippen LogP contribution in [0.2, 0.25) is 0 Å². The molecular formula is C45H69BN6O11. The van der Waals surface area contributed by atoms with Crippen LogP contribution < -0.4 is 27.0 Å². The van der Waals surface area contributed by atoms with Crippen molar-refractivity contribution in [2.45, 2.75) is 167 Å². The first-order valence-electron chi connectivity index (χ1n) is 22.7. The zero-order valence-corrected chi connectivity index (χ0v) is 37.9. The summed E-state index contributed by atoms with van der Waals surface area (Å²) in [5, 5.41) is 29.3. The number of nitrogens with two attached hydrogens (primary N) is 1. The third-order valence-corrected chi connectivity index (χ3v) is 14.3. The summed E-state index contributed by atoms with van der Waals surface area (Å²) in [7, 11) is -0.636. The number of carbonyl (C=O) groups excluding carboxylic acids is 5. The van der Waals surface area contributed by atoms with Gasteiger partial charge in [-0.3, -0.25) is 33.6 Å². The highest BCUT2D eigenvalue weighted by Crippen LogP contribution is 2.69. The van der Waals surface area contributed by atoms with E-state index in [4.69, 9.17) is 20.1 Å². The normalized spacial score (nSPS) is 25.8. The maximum absolute atomic E-state index is 14.4. The number of rotatable bonds is 22. The minimum Gasteiger partial charge on any atom is -0.481 e. The van der Waals surface area contributed by atoms with Crippen molar-refractivity contribution in [3.05, 3.63) is 35.9 Å². The van der Waals surface area contributed by atoms with Crippen molar-refractivity contribution in [1.82, 2.24) is 26.2 Å². The second kappa shape index (κ2) is 21.0. The molecule has 5 aliphatic rings.